The highest BCUT2D eigenvalue weighted by molar-refractivity contribution is 5.88. The van der Waals surface area contributed by atoms with E-state index in [1.807, 2.05) is 31.2 Å². The van der Waals surface area contributed by atoms with Crippen molar-refractivity contribution in [3.05, 3.63) is 47.7 Å². The van der Waals surface area contributed by atoms with Crippen LogP contribution in [0.2, 0.25) is 0 Å². The number of aromatic nitrogens is 1. The molecule has 18 heavy (non-hydrogen) atoms. The molecule has 0 atom stereocenters. The van der Waals surface area contributed by atoms with Crippen LogP contribution in [0, 0.1) is 6.92 Å². The largest absolute Gasteiger partial charge is 0.497 e. The Labute approximate surface area is 105 Å². The fourth-order valence-corrected chi connectivity index (χ4v) is 1.74. The van der Waals surface area contributed by atoms with E-state index in [0.29, 0.717) is 0 Å². The summed E-state index contributed by atoms with van der Waals surface area (Å²) in [5.41, 5.74) is 2.75. The number of nitrogens with zero attached hydrogens (tertiary/aromatic N) is 1. The van der Waals surface area contributed by atoms with Crippen LogP contribution in [-0.2, 0) is 0 Å². The topological polar surface area (TPSA) is 59.4 Å². The van der Waals surface area contributed by atoms with Gasteiger partial charge in [-0.1, -0.05) is 0 Å². The number of rotatable bonds is 3. The summed E-state index contributed by atoms with van der Waals surface area (Å²) in [6.45, 7) is 1.85. The fourth-order valence-electron chi connectivity index (χ4n) is 1.74. The summed E-state index contributed by atoms with van der Waals surface area (Å²) in [6, 6.07) is 9.11. The first kappa shape index (κ1) is 12.1. The molecular formula is C14H13NO3. The SMILES string of the molecule is COc1ccc(-c2ncc(C(=O)O)cc2C)cc1. The van der Waals surface area contributed by atoms with E-state index in [-0.39, 0.29) is 5.56 Å². The second-order valence-electron chi connectivity index (χ2n) is 3.92. The van der Waals surface area contributed by atoms with Crippen LogP contribution in [-0.4, -0.2) is 23.2 Å². The molecule has 0 saturated heterocycles. The monoisotopic (exact) mass is 243 g/mol. The van der Waals surface area contributed by atoms with Crippen LogP contribution < -0.4 is 4.74 Å². The van der Waals surface area contributed by atoms with Crippen molar-refractivity contribution in [2.45, 2.75) is 6.92 Å². The molecule has 0 amide bonds. The summed E-state index contributed by atoms with van der Waals surface area (Å²) < 4.78 is 5.09. The molecule has 0 bridgehead atoms. The van der Waals surface area contributed by atoms with Crippen molar-refractivity contribution in [2.75, 3.05) is 7.11 Å². The van der Waals surface area contributed by atoms with Gasteiger partial charge in [0.1, 0.15) is 5.75 Å². The molecule has 92 valence electrons. The molecule has 4 heteroatoms. The van der Waals surface area contributed by atoms with Crippen LogP contribution in [0.3, 0.4) is 0 Å². The number of carbonyl (C=O) groups is 1. The van der Waals surface area contributed by atoms with E-state index in [1.54, 1.807) is 13.2 Å². The van der Waals surface area contributed by atoms with Gasteiger partial charge in [-0.3, -0.25) is 4.98 Å². The second-order valence-corrected chi connectivity index (χ2v) is 3.92. The molecule has 0 aliphatic rings. The number of hydrogen-bond acceptors (Lipinski definition) is 3. The molecule has 2 aromatic rings. The summed E-state index contributed by atoms with van der Waals surface area (Å²) in [5, 5.41) is 8.88. The highest BCUT2D eigenvalue weighted by atomic mass is 16.5. The standard InChI is InChI=1S/C14H13NO3/c1-9-7-11(14(16)17)8-15-13(9)10-3-5-12(18-2)6-4-10/h3-8H,1-2H3,(H,16,17). The molecule has 0 saturated carbocycles. The minimum Gasteiger partial charge on any atom is -0.497 e. The van der Waals surface area contributed by atoms with Crippen LogP contribution in [0.1, 0.15) is 15.9 Å². The second kappa shape index (κ2) is 4.87. The summed E-state index contributed by atoms with van der Waals surface area (Å²) in [5.74, 6) is -0.189. The van der Waals surface area contributed by atoms with Gasteiger partial charge in [-0.15, -0.1) is 0 Å². The van der Waals surface area contributed by atoms with E-state index in [9.17, 15) is 4.79 Å². The van der Waals surface area contributed by atoms with Crippen LogP contribution in [0.5, 0.6) is 5.75 Å². The number of hydrogen-bond donors (Lipinski definition) is 1. The minimum atomic E-state index is -0.966. The van der Waals surface area contributed by atoms with Crippen molar-refractivity contribution < 1.29 is 14.6 Å². The maximum absolute atomic E-state index is 10.8. The van der Waals surface area contributed by atoms with E-state index in [4.69, 9.17) is 9.84 Å². The van der Waals surface area contributed by atoms with E-state index >= 15 is 0 Å². The van der Waals surface area contributed by atoms with Gasteiger partial charge in [0.05, 0.1) is 18.4 Å². The Morgan fingerprint density at radius 2 is 1.94 bits per heavy atom. The zero-order chi connectivity index (χ0) is 13.1. The quantitative estimate of drug-likeness (QED) is 0.900. The maximum Gasteiger partial charge on any atom is 0.337 e. The van der Waals surface area contributed by atoms with Gasteiger partial charge in [-0.2, -0.15) is 0 Å². The highest BCUT2D eigenvalue weighted by Crippen LogP contribution is 2.23. The molecule has 1 aromatic heterocycles. The number of ether oxygens (including phenoxy) is 1. The van der Waals surface area contributed by atoms with E-state index in [1.165, 1.54) is 6.20 Å². The normalized spacial score (nSPS) is 10.1. The van der Waals surface area contributed by atoms with Crippen molar-refractivity contribution in [3.63, 3.8) is 0 Å². The average Bonchev–Trinajstić information content (AvgIpc) is 2.38. The lowest BCUT2D eigenvalue weighted by Crippen LogP contribution is -1.99. The third-order valence-corrected chi connectivity index (χ3v) is 2.69. The number of carboxylic acids is 1. The summed E-state index contributed by atoms with van der Waals surface area (Å²) >= 11 is 0. The Balaban J connectivity index is 2.41. The van der Waals surface area contributed by atoms with Gasteiger partial charge in [0.25, 0.3) is 0 Å². The summed E-state index contributed by atoms with van der Waals surface area (Å²) in [4.78, 5) is 15.0. The van der Waals surface area contributed by atoms with Crippen LogP contribution in [0.15, 0.2) is 36.5 Å². The van der Waals surface area contributed by atoms with Gasteiger partial charge in [0.2, 0.25) is 0 Å². The lowest BCUT2D eigenvalue weighted by Gasteiger charge is -2.07. The fraction of sp³-hybridized carbons (Fsp3) is 0.143. The van der Waals surface area contributed by atoms with Crippen molar-refractivity contribution >= 4 is 5.97 Å². The molecule has 2 rings (SSSR count). The smallest absolute Gasteiger partial charge is 0.337 e. The van der Waals surface area contributed by atoms with Crippen molar-refractivity contribution in [3.8, 4) is 17.0 Å². The van der Waals surface area contributed by atoms with Crippen molar-refractivity contribution in [1.82, 2.24) is 4.98 Å². The number of benzene rings is 1. The first-order valence-electron chi connectivity index (χ1n) is 5.46. The molecule has 1 N–H and O–H groups in total. The molecule has 0 unspecified atom stereocenters. The molecule has 1 heterocycles. The van der Waals surface area contributed by atoms with Gasteiger partial charge < -0.3 is 9.84 Å². The van der Waals surface area contributed by atoms with E-state index < -0.39 is 5.97 Å². The van der Waals surface area contributed by atoms with Crippen LogP contribution in [0.4, 0.5) is 0 Å². The van der Waals surface area contributed by atoms with Gasteiger partial charge in [0, 0.05) is 11.8 Å². The number of aryl methyl sites for hydroxylation is 1. The lowest BCUT2D eigenvalue weighted by molar-refractivity contribution is 0.0696. The zero-order valence-electron chi connectivity index (χ0n) is 10.2. The van der Waals surface area contributed by atoms with Gasteiger partial charge in [-0.25, -0.2) is 4.79 Å². The predicted molar refractivity (Wildman–Crippen MR) is 67.9 cm³/mol. The minimum absolute atomic E-state index is 0.199. The number of pyridine rings is 1. The predicted octanol–water partition coefficient (Wildman–Crippen LogP) is 2.76. The molecule has 0 aliphatic heterocycles. The number of carboxylic acid groups (broad SMARTS) is 1. The Bertz CT molecular complexity index is 576. The maximum atomic E-state index is 10.8. The zero-order valence-corrected chi connectivity index (χ0v) is 10.2. The Morgan fingerprint density at radius 1 is 1.28 bits per heavy atom. The first-order valence-corrected chi connectivity index (χ1v) is 5.46. The highest BCUT2D eigenvalue weighted by Gasteiger charge is 2.08. The Kier molecular flexibility index (Phi) is 3.28. The van der Waals surface area contributed by atoms with Crippen molar-refractivity contribution in [1.29, 1.82) is 0 Å². The third-order valence-electron chi connectivity index (χ3n) is 2.69. The molecule has 0 fully saturated rings. The van der Waals surface area contributed by atoms with Gasteiger partial charge >= 0.3 is 5.97 Å². The summed E-state index contributed by atoms with van der Waals surface area (Å²) in [6.07, 6.45) is 1.37. The van der Waals surface area contributed by atoms with Gasteiger partial charge in [0.15, 0.2) is 0 Å². The molecule has 4 nitrogen and oxygen atoms in total. The number of methoxy groups -OCH3 is 1. The van der Waals surface area contributed by atoms with Crippen LogP contribution >= 0.6 is 0 Å². The third kappa shape index (κ3) is 2.32. The van der Waals surface area contributed by atoms with E-state index in [0.717, 1.165) is 22.6 Å². The average molecular weight is 243 g/mol. The van der Waals surface area contributed by atoms with Crippen molar-refractivity contribution in [2.24, 2.45) is 0 Å². The van der Waals surface area contributed by atoms with Gasteiger partial charge in [-0.05, 0) is 42.8 Å². The molecular weight excluding hydrogens is 230 g/mol. The molecule has 1 aromatic carbocycles. The molecule has 0 aliphatic carbocycles. The first-order chi connectivity index (χ1) is 8.61. The summed E-state index contributed by atoms with van der Waals surface area (Å²) in [7, 11) is 1.61. The van der Waals surface area contributed by atoms with E-state index in [2.05, 4.69) is 4.98 Å². The number of aromatic carboxylic acids is 1. The van der Waals surface area contributed by atoms with Crippen LogP contribution in [0.25, 0.3) is 11.3 Å². The molecule has 0 spiro atoms. The molecule has 0 radical (unpaired) electrons. The lowest BCUT2D eigenvalue weighted by atomic mass is 10.1. The Hall–Kier alpha value is -2.36. The Morgan fingerprint density at radius 3 is 2.44 bits per heavy atom.